The molecule has 0 saturated heterocycles. The van der Waals surface area contributed by atoms with Crippen LogP contribution in [0.5, 0.6) is 0 Å². The third-order valence-electron chi connectivity index (χ3n) is 1.73. The van der Waals surface area contributed by atoms with Gasteiger partial charge in [0.25, 0.3) is 5.82 Å². The number of thiocarbonyl (C=S) groups is 1. The number of H-pyrrole nitrogens is 1. The highest BCUT2D eigenvalue weighted by atomic mass is 32.1. The van der Waals surface area contributed by atoms with Crippen LogP contribution in [0.15, 0.2) is 12.4 Å². The van der Waals surface area contributed by atoms with Crippen molar-refractivity contribution in [1.29, 1.82) is 0 Å². The van der Waals surface area contributed by atoms with Crippen LogP contribution in [0.2, 0.25) is 0 Å². The van der Waals surface area contributed by atoms with Crippen molar-refractivity contribution in [2.75, 3.05) is 0 Å². The Morgan fingerprint density at radius 2 is 2.21 bits per heavy atom. The minimum absolute atomic E-state index is 0.250. The van der Waals surface area contributed by atoms with Crippen LogP contribution in [0.1, 0.15) is 32.5 Å². The Bertz CT molecular complexity index is 267. The van der Waals surface area contributed by atoms with Gasteiger partial charge in [-0.05, 0) is 13.3 Å². The van der Waals surface area contributed by atoms with E-state index in [4.69, 9.17) is 0 Å². The SMILES string of the molecule is CC([O-])=S.CCCC[n+]1cc[nH]c1C. The maximum atomic E-state index is 9.26. The molecule has 1 heterocycles. The molecule has 0 aliphatic carbocycles. The van der Waals surface area contributed by atoms with Crippen molar-refractivity contribution >= 4 is 17.3 Å². The Kier molecular flexibility index (Phi) is 7.02. The molecule has 0 unspecified atom stereocenters. The van der Waals surface area contributed by atoms with Gasteiger partial charge in [0.2, 0.25) is 0 Å². The molecule has 0 aliphatic heterocycles. The number of aryl methyl sites for hydroxylation is 2. The summed E-state index contributed by atoms with van der Waals surface area (Å²) in [5.74, 6) is 1.24. The highest BCUT2D eigenvalue weighted by molar-refractivity contribution is 7.79. The molecule has 0 amide bonds. The summed E-state index contributed by atoms with van der Waals surface area (Å²) in [7, 11) is 0. The Labute approximate surface area is 90.8 Å². The van der Waals surface area contributed by atoms with Crippen molar-refractivity contribution in [3.8, 4) is 0 Å². The first-order valence-corrected chi connectivity index (χ1v) is 5.19. The second-order valence-corrected chi connectivity index (χ2v) is 3.66. The van der Waals surface area contributed by atoms with E-state index in [-0.39, 0.29) is 5.05 Å². The Balaban J connectivity index is 0.000000364. The quantitative estimate of drug-likeness (QED) is 0.605. The number of unbranched alkanes of at least 4 members (excludes halogenated alkanes) is 1. The van der Waals surface area contributed by atoms with E-state index in [1.54, 1.807) is 0 Å². The van der Waals surface area contributed by atoms with Crippen LogP contribution in [0, 0.1) is 6.92 Å². The molecule has 0 aromatic carbocycles. The molecule has 0 bridgehead atoms. The summed E-state index contributed by atoms with van der Waals surface area (Å²) < 4.78 is 2.24. The highest BCUT2D eigenvalue weighted by Gasteiger charge is 2.01. The van der Waals surface area contributed by atoms with Crippen LogP contribution >= 0.6 is 12.2 Å². The molecule has 0 radical (unpaired) electrons. The minimum atomic E-state index is -0.250. The fraction of sp³-hybridized carbons (Fsp3) is 0.600. The van der Waals surface area contributed by atoms with Crippen LogP contribution in [-0.4, -0.2) is 10.0 Å². The molecule has 1 rings (SSSR count). The van der Waals surface area contributed by atoms with Gasteiger partial charge in [0.05, 0.1) is 6.54 Å². The molecule has 1 aromatic heterocycles. The Morgan fingerprint density at radius 1 is 1.64 bits per heavy atom. The molecular formula is C10H18N2OS. The van der Waals surface area contributed by atoms with E-state index in [9.17, 15) is 5.11 Å². The Morgan fingerprint density at radius 3 is 2.57 bits per heavy atom. The number of aromatic nitrogens is 2. The largest absolute Gasteiger partial charge is 0.868 e. The smallest absolute Gasteiger partial charge is 0.251 e. The normalized spacial score (nSPS) is 9.07. The second kappa shape index (κ2) is 7.50. The third-order valence-corrected chi connectivity index (χ3v) is 1.73. The van der Waals surface area contributed by atoms with Crippen LogP contribution in [0.3, 0.4) is 0 Å². The molecule has 0 saturated carbocycles. The third kappa shape index (κ3) is 6.60. The van der Waals surface area contributed by atoms with Crippen molar-refractivity contribution in [1.82, 2.24) is 4.98 Å². The van der Waals surface area contributed by atoms with Crippen LogP contribution in [0.25, 0.3) is 0 Å². The zero-order valence-electron chi connectivity index (χ0n) is 9.04. The van der Waals surface area contributed by atoms with E-state index in [1.165, 1.54) is 25.6 Å². The van der Waals surface area contributed by atoms with Crippen molar-refractivity contribution in [3.63, 3.8) is 0 Å². The molecule has 0 fully saturated rings. The zero-order chi connectivity index (χ0) is 11.0. The van der Waals surface area contributed by atoms with Crippen molar-refractivity contribution < 1.29 is 9.67 Å². The first-order valence-electron chi connectivity index (χ1n) is 4.79. The van der Waals surface area contributed by atoms with E-state index in [0.29, 0.717) is 0 Å². The number of hydrogen-bond acceptors (Lipinski definition) is 2. The van der Waals surface area contributed by atoms with Crippen LogP contribution in [-0.2, 0) is 6.54 Å². The number of aromatic amines is 1. The molecule has 1 aromatic rings. The van der Waals surface area contributed by atoms with Gasteiger partial charge in [0.1, 0.15) is 12.4 Å². The summed E-state index contributed by atoms with van der Waals surface area (Å²) in [6, 6.07) is 0. The van der Waals surface area contributed by atoms with E-state index in [0.717, 1.165) is 6.54 Å². The lowest BCUT2D eigenvalue weighted by Crippen LogP contribution is -2.34. The molecular weight excluding hydrogens is 196 g/mol. The molecule has 4 heteroatoms. The van der Waals surface area contributed by atoms with Gasteiger partial charge < -0.3 is 5.11 Å². The van der Waals surface area contributed by atoms with E-state index in [2.05, 4.69) is 41.8 Å². The Hall–Kier alpha value is -0.900. The van der Waals surface area contributed by atoms with Gasteiger partial charge >= 0.3 is 0 Å². The fourth-order valence-electron chi connectivity index (χ4n) is 1.01. The lowest BCUT2D eigenvalue weighted by Gasteiger charge is -1.93. The number of nitrogens with one attached hydrogen (secondary N) is 1. The van der Waals surface area contributed by atoms with Gasteiger partial charge in [-0.15, -0.1) is 12.2 Å². The van der Waals surface area contributed by atoms with Crippen molar-refractivity contribution in [2.24, 2.45) is 0 Å². The van der Waals surface area contributed by atoms with E-state index >= 15 is 0 Å². The zero-order valence-corrected chi connectivity index (χ0v) is 9.86. The van der Waals surface area contributed by atoms with Crippen molar-refractivity contribution in [3.05, 3.63) is 18.2 Å². The molecule has 0 atom stereocenters. The summed E-state index contributed by atoms with van der Waals surface area (Å²) in [5, 5.41) is 9.01. The van der Waals surface area contributed by atoms with Crippen LogP contribution < -0.4 is 9.67 Å². The first kappa shape index (κ1) is 13.1. The van der Waals surface area contributed by atoms with Gasteiger partial charge in [-0.2, -0.15) is 0 Å². The molecule has 80 valence electrons. The number of nitrogens with zero attached hydrogens (tertiary/aromatic N) is 1. The predicted octanol–water partition coefficient (Wildman–Crippen LogP) is 1.10. The summed E-state index contributed by atoms with van der Waals surface area (Å²) in [6.07, 6.45) is 6.59. The fourth-order valence-corrected chi connectivity index (χ4v) is 1.01. The first-order chi connectivity index (χ1) is 6.57. The van der Waals surface area contributed by atoms with Crippen molar-refractivity contribution in [2.45, 2.75) is 40.2 Å². The van der Waals surface area contributed by atoms with E-state index in [1.807, 2.05) is 6.20 Å². The molecule has 14 heavy (non-hydrogen) atoms. The molecule has 0 aliphatic rings. The summed E-state index contributed by atoms with van der Waals surface area (Å²) in [5.41, 5.74) is 0. The minimum Gasteiger partial charge on any atom is -0.868 e. The van der Waals surface area contributed by atoms with Gasteiger partial charge in [0, 0.05) is 6.92 Å². The van der Waals surface area contributed by atoms with Gasteiger partial charge in [0.15, 0.2) is 0 Å². The highest BCUT2D eigenvalue weighted by Crippen LogP contribution is 1.88. The lowest BCUT2D eigenvalue weighted by atomic mass is 10.3. The predicted molar refractivity (Wildman–Crippen MR) is 58.9 cm³/mol. The van der Waals surface area contributed by atoms with E-state index < -0.39 is 0 Å². The molecule has 3 nitrogen and oxygen atoms in total. The average Bonchev–Trinajstić information content (AvgIpc) is 2.47. The number of hydrogen-bond donors (Lipinski definition) is 1. The molecule has 0 spiro atoms. The molecule has 1 N–H and O–H groups in total. The van der Waals surface area contributed by atoms with Gasteiger partial charge in [-0.3, -0.25) is 0 Å². The topological polar surface area (TPSA) is 42.7 Å². The van der Waals surface area contributed by atoms with Gasteiger partial charge in [-0.25, -0.2) is 9.55 Å². The maximum Gasteiger partial charge on any atom is 0.251 e. The summed E-state index contributed by atoms with van der Waals surface area (Å²) in [6.45, 7) is 6.79. The summed E-state index contributed by atoms with van der Waals surface area (Å²) in [4.78, 5) is 3.14. The number of rotatable bonds is 3. The standard InChI is InChI=1S/C8H14N2.C2H4OS/c1-3-4-6-10-7-5-9-8(10)2;1-2(3)4/h5,7H,3-4,6H2,1-2H3;1H3,(H,3,4). The lowest BCUT2D eigenvalue weighted by molar-refractivity contribution is -0.701. The van der Waals surface area contributed by atoms with Gasteiger partial charge in [-0.1, -0.05) is 18.4 Å². The average molecular weight is 214 g/mol. The monoisotopic (exact) mass is 214 g/mol. The summed E-state index contributed by atoms with van der Waals surface area (Å²) >= 11 is 3.98. The maximum absolute atomic E-state index is 9.26. The number of imidazole rings is 1. The second-order valence-electron chi connectivity index (χ2n) is 3.08. The van der Waals surface area contributed by atoms with Crippen LogP contribution in [0.4, 0.5) is 0 Å².